The average Bonchev–Trinajstić information content (AvgIpc) is 2.23. The first kappa shape index (κ1) is 15.3. The van der Waals surface area contributed by atoms with Crippen LogP contribution in [-0.2, 0) is 9.59 Å². The third kappa shape index (κ3) is 1.91. The maximum atomic E-state index is 12.2. The Bertz CT molecular complexity index is 308. The molecule has 1 aliphatic heterocycles. The van der Waals surface area contributed by atoms with Crippen LogP contribution in [0, 0.1) is 5.41 Å². The molecule has 0 spiro atoms. The minimum Gasteiger partial charge on any atom is -0.295 e. The van der Waals surface area contributed by atoms with Crippen LogP contribution in [0.4, 0.5) is 26.3 Å². The van der Waals surface area contributed by atoms with Gasteiger partial charge < -0.3 is 0 Å². The summed E-state index contributed by atoms with van der Waals surface area (Å²) in [5, 5.41) is 1.00. The van der Waals surface area contributed by atoms with Crippen molar-refractivity contribution in [3.8, 4) is 0 Å². The maximum absolute atomic E-state index is 12.2. The molecule has 0 radical (unpaired) electrons. The van der Waals surface area contributed by atoms with Gasteiger partial charge in [0.1, 0.15) is 0 Å². The Labute approximate surface area is 95.3 Å². The van der Waals surface area contributed by atoms with Crippen LogP contribution in [0.3, 0.4) is 0 Å². The van der Waals surface area contributed by atoms with Gasteiger partial charge in [-0.2, -0.15) is 26.3 Å². The molecule has 2 amide bonds. The fourth-order valence-electron chi connectivity index (χ4n) is 1.22. The van der Waals surface area contributed by atoms with Gasteiger partial charge in [-0.05, 0) is 0 Å². The molecule has 0 bridgehead atoms. The molecule has 0 atom stereocenters. The van der Waals surface area contributed by atoms with Crippen molar-refractivity contribution in [2.75, 3.05) is 0 Å². The zero-order valence-corrected chi connectivity index (χ0v) is 6.79. The number of alkyl halides is 6. The highest BCUT2D eigenvalue weighted by atomic mass is 27.0. The van der Waals surface area contributed by atoms with Gasteiger partial charge in [0.2, 0.25) is 11.3 Å². The van der Waals surface area contributed by atoms with Gasteiger partial charge in [0, 0.05) is 0 Å². The largest absolute Gasteiger partial charge is 0.412 e. The molecule has 1 aliphatic rings. The number of halogens is 6. The van der Waals surface area contributed by atoms with Crippen LogP contribution < -0.4 is 5.32 Å². The molecule has 10 heteroatoms. The summed E-state index contributed by atoms with van der Waals surface area (Å²) in [7, 11) is 0. The smallest absolute Gasteiger partial charge is 0.295 e. The highest BCUT2D eigenvalue weighted by Crippen LogP contribution is 2.54. The second kappa shape index (κ2) is 3.93. The van der Waals surface area contributed by atoms with Gasteiger partial charge in [-0.3, -0.25) is 14.9 Å². The summed E-state index contributed by atoms with van der Waals surface area (Å²) >= 11 is 0. The van der Waals surface area contributed by atoms with Crippen molar-refractivity contribution >= 4 is 29.2 Å². The van der Waals surface area contributed by atoms with Crippen molar-refractivity contribution in [2.45, 2.75) is 18.8 Å². The van der Waals surface area contributed by atoms with Crippen LogP contribution in [0.15, 0.2) is 0 Å². The summed E-state index contributed by atoms with van der Waals surface area (Å²) in [5.41, 5.74) is -4.60. The van der Waals surface area contributed by atoms with Crippen molar-refractivity contribution in [2.24, 2.45) is 5.41 Å². The van der Waals surface area contributed by atoms with Crippen molar-refractivity contribution in [3.63, 3.8) is 0 Å². The van der Waals surface area contributed by atoms with Crippen LogP contribution in [0.5, 0.6) is 0 Å². The predicted molar refractivity (Wildman–Crippen MR) is 42.2 cm³/mol. The number of amides is 2. The topological polar surface area (TPSA) is 46.2 Å². The normalized spacial score (nSPS) is 20.4. The summed E-state index contributed by atoms with van der Waals surface area (Å²) < 4.78 is 73.2. The average molecular weight is 265 g/mol. The van der Waals surface area contributed by atoms with Gasteiger partial charge >= 0.3 is 12.4 Å². The standard InChI is InChI=1S/C6H3F6NO2.Al.3H/c7-5(8,9)4(6(10,11)12)1-2(14)13-3(4)15;;;;/h1H2,(H,13,14,15);;;;. The Morgan fingerprint density at radius 2 is 1.38 bits per heavy atom. The predicted octanol–water partition coefficient (Wildman–Crippen LogP) is -0.0400. The quantitative estimate of drug-likeness (QED) is 0.379. The molecule has 16 heavy (non-hydrogen) atoms. The number of hydrogen-bond acceptors (Lipinski definition) is 2. The molecule has 1 saturated heterocycles. The van der Waals surface area contributed by atoms with Crippen molar-refractivity contribution < 1.29 is 35.9 Å². The van der Waals surface area contributed by atoms with E-state index in [1.807, 2.05) is 0 Å². The molecular weight excluding hydrogens is 259 g/mol. The van der Waals surface area contributed by atoms with Crippen LogP contribution in [-0.4, -0.2) is 41.5 Å². The van der Waals surface area contributed by atoms with Crippen LogP contribution in [0.2, 0.25) is 0 Å². The van der Waals surface area contributed by atoms with Gasteiger partial charge in [0.25, 0.3) is 5.91 Å². The molecule has 1 heterocycles. The second-order valence-electron chi connectivity index (χ2n) is 2.95. The lowest BCUT2D eigenvalue weighted by atomic mass is 9.84. The molecular formula is C6H6AlF6NO2. The fraction of sp³-hybridized carbons (Fsp3) is 0.667. The van der Waals surface area contributed by atoms with E-state index in [4.69, 9.17) is 0 Å². The number of rotatable bonds is 0. The van der Waals surface area contributed by atoms with E-state index < -0.39 is 36.0 Å². The van der Waals surface area contributed by atoms with Gasteiger partial charge in [0.05, 0.1) is 6.42 Å². The highest BCUT2D eigenvalue weighted by molar-refractivity contribution is 6.06. The molecule has 92 valence electrons. The Kier molecular flexibility index (Phi) is 3.74. The number of imide groups is 1. The third-order valence-electron chi connectivity index (χ3n) is 2.03. The van der Waals surface area contributed by atoms with E-state index in [2.05, 4.69) is 0 Å². The first-order valence-electron chi connectivity index (χ1n) is 3.50. The number of carbonyl (C=O) groups is 2. The summed E-state index contributed by atoms with van der Waals surface area (Å²) in [6, 6.07) is 0. The fourth-order valence-corrected chi connectivity index (χ4v) is 1.22. The first-order valence-corrected chi connectivity index (χ1v) is 3.50. The highest BCUT2D eigenvalue weighted by Gasteiger charge is 2.78. The van der Waals surface area contributed by atoms with E-state index in [1.165, 1.54) is 0 Å². The summed E-state index contributed by atoms with van der Waals surface area (Å²) in [6.07, 6.45) is -13.6. The minimum absolute atomic E-state index is 0. The molecule has 0 unspecified atom stereocenters. The van der Waals surface area contributed by atoms with Crippen LogP contribution >= 0.6 is 0 Å². The van der Waals surface area contributed by atoms with Crippen molar-refractivity contribution in [1.29, 1.82) is 0 Å². The third-order valence-corrected chi connectivity index (χ3v) is 2.03. The molecule has 0 aliphatic carbocycles. The second-order valence-corrected chi connectivity index (χ2v) is 2.95. The Balaban J connectivity index is 0.00000225. The van der Waals surface area contributed by atoms with E-state index in [9.17, 15) is 35.9 Å². The van der Waals surface area contributed by atoms with E-state index in [-0.39, 0.29) is 17.4 Å². The first-order chi connectivity index (χ1) is 6.52. The van der Waals surface area contributed by atoms with Crippen molar-refractivity contribution in [3.05, 3.63) is 0 Å². The van der Waals surface area contributed by atoms with Crippen LogP contribution in [0.1, 0.15) is 6.42 Å². The Morgan fingerprint density at radius 1 is 1.00 bits per heavy atom. The van der Waals surface area contributed by atoms with E-state index >= 15 is 0 Å². The molecule has 0 saturated carbocycles. The number of hydrogen-bond donors (Lipinski definition) is 1. The lowest BCUT2D eigenvalue weighted by Gasteiger charge is -2.29. The Hall–Kier alpha value is -0.748. The molecule has 0 aromatic heterocycles. The Morgan fingerprint density at radius 3 is 1.50 bits per heavy atom. The van der Waals surface area contributed by atoms with Crippen LogP contribution in [0.25, 0.3) is 0 Å². The van der Waals surface area contributed by atoms with E-state index in [0.717, 1.165) is 5.32 Å². The summed E-state index contributed by atoms with van der Waals surface area (Å²) in [6.45, 7) is 0. The summed E-state index contributed by atoms with van der Waals surface area (Å²) in [5.74, 6) is -3.96. The molecule has 0 aromatic carbocycles. The molecule has 0 aromatic rings. The minimum atomic E-state index is -5.85. The van der Waals surface area contributed by atoms with E-state index in [0.29, 0.717) is 0 Å². The monoisotopic (exact) mass is 265 g/mol. The maximum Gasteiger partial charge on any atom is 0.412 e. The number of nitrogens with one attached hydrogen (secondary N) is 1. The lowest BCUT2D eigenvalue weighted by Crippen LogP contribution is -2.54. The lowest BCUT2D eigenvalue weighted by molar-refractivity contribution is -0.320. The molecule has 1 N–H and O–H groups in total. The van der Waals surface area contributed by atoms with E-state index in [1.54, 1.807) is 0 Å². The molecule has 1 rings (SSSR count). The zero-order valence-electron chi connectivity index (χ0n) is 6.79. The van der Waals surface area contributed by atoms with Gasteiger partial charge in [-0.25, -0.2) is 0 Å². The molecule has 3 nitrogen and oxygen atoms in total. The zero-order chi connectivity index (χ0) is 12.1. The SMILES string of the molecule is O=C1CC(C(F)(F)F)(C(F)(F)F)C(=O)N1.[AlH3]. The van der Waals surface area contributed by atoms with Gasteiger partial charge in [-0.15, -0.1) is 0 Å². The summed E-state index contributed by atoms with van der Waals surface area (Å²) in [4.78, 5) is 21.1. The number of carbonyl (C=O) groups excluding carboxylic acids is 2. The van der Waals surface area contributed by atoms with Crippen molar-refractivity contribution in [1.82, 2.24) is 5.32 Å². The molecule has 1 fully saturated rings. The van der Waals surface area contributed by atoms with Gasteiger partial charge in [0.15, 0.2) is 17.4 Å². The van der Waals surface area contributed by atoms with Gasteiger partial charge in [-0.1, -0.05) is 0 Å².